The van der Waals surface area contributed by atoms with Gasteiger partial charge in [-0.3, -0.25) is 9.69 Å². The Labute approximate surface area is 187 Å². The molecule has 1 saturated carbocycles. The fraction of sp³-hybridized carbons (Fsp3) is 0.391. The predicted molar refractivity (Wildman–Crippen MR) is 116 cm³/mol. The van der Waals surface area contributed by atoms with Gasteiger partial charge in [-0.25, -0.2) is 9.38 Å². The lowest BCUT2D eigenvalue weighted by Crippen LogP contribution is -2.39. The van der Waals surface area contributed by atoms with Crippen molar-refractivity contribution in [1.82, 2.24) is 10.2 Å². The summed E-state index contributed by atoms with van der Waals surface area (Å²) in [6.45, 7) is 2.01. The molecule has 0 unspecified atom stereocenters. The van der Waals surface area contributed by atoms with E-state index in [0.717, 1.165) is 30.0 Å². The van der Waals surface area contributed by atoms with Gasteiger partial charge in [0.15, 0.2) is 0 Å². The van der Waals surface area contributed by atoms with E-state index in [1.807, 2.05) is 19.1 Å². The summed E-state index contributed by atoms with van der Waals surface area (Å²) < 4.78 is 51.7. The van der Waals surface area contributed by atoms with Crippen molar-refractivity contribution in [2.45, 2.75) is 57.3 Å². The number of nitrogens with zero attached hydrogens (tertiary/aromatic N) is 2. The summed E-state index contributed by atoms with van der Waals surface area (Å²) in [5, 5.41) is 3.42. The third kappa shape index (κ3) is 5.03. The second kappa shape index (κ2) is 9.05. The highest BCUT2D eigenvalue weighted by Crippen LogP contribution is 2.38. The number of hydrogen-bond acceptors (Lipinski definition) is 4. The van der Waals surface area contributed by atoms with Crippen LogP contribution < -0.4 is 5.32 Å². The van der Waals surface area contributed by atoms with Crippen molar-refractivity contribution in [2.24, 2.45) is 4.99 Å². The minimum absolute atomic E-state index is 0.0590. The molecule has 0 saturated heterocycles. The van der Waals surface area contributed by atoms with Crippen molar-refractivity contribution in [3.63, 3.8) is 0 Å². The van der Waals surface area contributed by atoms with Crippen molar-refractivity contribution in [3.05, 3.63) is 68.9 Å². The molecule has 0 atom stereocenters. The van der Waals surface area contributed by atoms with E-state index in [2.05, 4.69) is 10.3 Å². The summed E-state index contributed by atoms with van der Waals surface area (Å²) in [5.74, 6) is 0.572. The Morgan fingerprint density at radius 3 is 2.50 bits per heavy atom. The molecule has 1 aliphatic carbocycles. The smallest absolute Gasteiger partial charge is 0.367 e. The molecule has 2 aromatic rings. The largest absolute Gasteiger partial charge is 0.425 e. The Kier molecular flexibility index (Phi) is 6.37. The quantitative estimate of drug-likeness (QED) is 0.546. The van der Waals surface area contributed by atoms with Crippen LogP contribution >= 0.6 is 11.3 Å². The Bertz CT molecular complexity index is 1040. The molecule has 1 aromatic carbocycles. The minimum Gasteiger partial charge on any atom is -0.367 e. The SMILES string of the molecule is CCC1=C(NC2CC(c3ccc(F)cc3)C2)N=CN(Cc2ccc(C(F)(F)F)s2)C(=O)C1. The Balaban J connectivity index is 1.39. The van der Waals surface area contributed by atoms with Gasteiger partial charge >= 0.3 is 6.18 Å². The zero-order chi connectivity index (χ0) is 22.9. The van der Waals surface area contributed by atoms with Gasteiger partial charge in [0.25, 0.3) is 0 Å². The number of benzene rings is 1. The molecule has 0 bridgehead atoms. The first-order valence-corrected chi connectivity index (χ1v) is 11.3. The van der Waals surface area contributed by atoms with Crippen molar-refractivity contribution >= 4 is 23.6 Å². The van der Waals surface area contributed by atoms with E-state index in [0.29, 0.717) is 34.4 Å². The number of hydrogen-bond donors (Lipinski definition) is 1. The van der Waals surface area contributed by atoms with Crippen LogP contribution in [0.1, 0.15) is 53.8 Å². The molecule has 1 aliphatic heterocycles. The third-order valence-electron chi connectivity index (χ3n) is 5.86. The van der Waals surface area contributed by atoms with Gasteiger partial charge in [0.1, 0.15) is 16.5 Å². The molecule has 1 amide bonds. The zero-order valence-corrected chi connectivity index (χ0v) is 18.3. The first kappa shape index (κ1) is 22.5. The molecule has 1 N–H and O–H groups in total. The summed E-state index contributed by atoms with van der Waals surface area (Å²) in [5.41, 5.74) is 1.98. The van der Waals surface area contributed by atoms with Gasteiger partial charge in [0, 0.05) is 10.9 Å². The number of rotatable bonds is 6. The van der Waals surface area contributed by atoms with Crippen LogP contribution in [-0.4, -0.2) is 23.2 Å². The molecule has 1 aromatic heterocycles. The summed E-state index contributed by atoms with van der Waals surface area (Å²) >= 11 is 0.639. The molecule has 9 heteroatoms. The molecule has 1 fully saturated rings. The number of halogens is 4. The summed E-state index contributed by atoms with van der Waals surface area (Å²) in [4.78, 5) is 18.3. The van der Waals surface area contributed by atoms with Gasteiger partial charge in [0.2, 0.25) is 5.91 Å². The standard InChI is InChI=1S/C23H23F4N3OS/c1-2-14-11-21(31)30(12-19-7-8-20(32-19)23(25,26)27)13-28-22(14)29-18-9-16(10-18)15-3-5-17(24)6-4-15/h3-8,13,16,18,29H,2,9-12H2,1H3. The lowest BCUT2D eigenvalue weighted by molar-refractivity contribution is -0.134. The van der Waals surface area contributed by atoms with Crippen LogP contribution in [0, 0.1) is 5.82 Å². The molecular formula is C23H23F4N3OS. The zero-order valence-electron chi connectivity index (χ0n) is 17.5. The van der Waals surface area contributed by atoms with Crippen molar-refractivity contribution < 1.29 is 22.4 Å². The normalized spacial score (nSPS) is 21.5. The van der Waals surface area contributed by atoms with Crippen LogP contribution in [0.2, 0.25) is 0 Å². The molecule has 2 aliphatic rings. The van der Waals surface area contributed by atoms with Crippen LogP contribution in [0.4, 0.5) is 17.6 Å². The topological polar surface area (TPSA) is 44.7 Å². The second-order valence-corrected chi connectivity index (χ2v) is 9.24. The van der Waals surface area contributed by atoms with Gasteiger partial charge < -0.3 is 5.32 Å². The molecule has 170 valence electrons. The maximum atomic E-state index is 13.1. The molecule has 0 spiro atoms. The average molecular weight is 466 g/mol. The van der Waals surface area contributed by atoms with Crippen LogP contribution in [0.3, 0.4) is 0 Å². The van der Waals surface area contributed by atoms with E-state index in [4.69, 9.17) is 0 Å². The highest BCUT2D eigenvalue weighted by Gasteiger charge is 2.33. The monoisotopic (exact) mass is 465 g/mol. The fourth-order valence-corrected chi connectivity index (χ4v) is 4.80. The first-order valence-electron chi connectivity index (χ1n) is 10.5. The average Bonchev–Trinajstić information content (AvgIpc) is 3.14. The van der Waals surface area contributed by atoms with Crippen molar-refractivity contribution in [3.8, 4) is 0 Å². The number of aliphatic imine (C=N–C) groups is 1. The lowest BCUT2D eigenvalue weighted by Gasteiger charge is -2.37. The van der Waals surface area contributed by atoms with Crippen molar-refractivity contribution in [1.29, 1.82) is 0 Å². The van der Waals surface area contributed by atoms with Gasteiger partial charge in [-0.1, -0.05) is 19.1 Å². The maximum Gasteiger partial charge on any atom is 0.425 e. The Hall–Kier alpha value is -2.68. The number of carbonyl (C=O) groups excluding carboxylic acids is 1. The summed E-state index contributed by atoms with van der Waals surface area (Å²) in [7, 11) is 0. The highest BCUT2D eigenvalue weighted by atomic mass is 32.1. The number of nitrogens with one attached hydrogen (secondary N) is 1. The van der Waals surface area contributed by atoms with Crippen LogP contribution in [0.5, 0.6) is 0 Å². The first-order chi connectivity index (χ1) is 15.2. The Morgan fingerprint density at radius 1 is 1.16 bits per heavy atom. The second-order valence-electron chi connectivity index (χ2n) is 8.07. The van der Waals surface area contributed by atoms with Gasteiger partial charge in [0.05, 0.1) is 19.3 Å². The third-order valence-corrected chi connectivity index (χ3v) is 6.98. The molecule has 0 radical (unpaired) electrons. The lowest BCUT2D eigenvalue weighted by atomic mass is 9.76. The Morgan fingerprint density at radius 2 is 1.88 bits per heavy atom. The van der Waals surface area contributed by atoms with E-state index in [1.54, 1.807) is 0 Å². The van der Waals surface area contributed by atoms with Crippen molar-refractivity contribution in [2.75, 3.05) is 0 Å². The molecule has 32 heavy (non-hydrogen) atoms. The van der Waals surface area contributed by atoms with E-state index >= 15 is 0 Å². The maximum absolute atomic E-state index is 13.1. The van der Waals surface area contributed by atoms with Crippen LogP contribution in [0.25, 0.3) is 0 Å². The van der Waals surface area contributed by atoms with Gasteiger partial charge in [-0.15, -0.1) is 11.3 Å². The number of amides is 1. The number of alkyl halides is 3. The molecule has 2 heterocycles. The van der Waals surface area contributed by atoms with Crippen LogP contribution in [0.15, 0.2) is 52.8 Å². The summed E-state index contributed by atoms with van der Waals surface area (Å²) in [6, 6.07) is 9.19. The van der Waals surface area contributed by atoms with Gasteiger partial charge in [-0.2, -0.15) is 13.2 Å². The van der Waals surface area contributed by atoms with E-state index in [9.17, 15) is 22.4 Å². The molecule has 4 rings (SSSR count). The molecule has 4 nitrogen and oxygen atoms in total. The minimum atomic E-state index is -4.39. The number of thiophene rings is 1. The van der Waals surface area contributed by atoms with E-state index in [1.165, 1.54) is 29.4 Å². The predicted octanol–water partition coefficient (Wildman–Crippen LogP) is 5.82. The summed E-state index contributed by atoms with van der Waals surface area (Å²) in [6.07, 6.45) is -0.392. The number of carbonyl (C=O) groups is 1. The van der Waals surface area contributed by atoms with E-state index in [-0.39, 0.29) is 30.7 Å². The highest BCUT2D eigenvalue weighted by molar-refractivity contribution is 7.12. The van der Waals surface area contributed by atoms with E-state index < -0.39 is 11.1 Å². The fourth-order valence-electron chi connectivity index (χ4n) is 3.93. The van der Waals surface area contributed by atoms with Crippen LogP contribution in [-0.2, 0) is 17.5 Å². The van der Waals surface area contributed by atoms with Gasteiger partial charge in [-0.05, 0) is 60.6 Å². The molecular weight excluding hydrogens is 442 g/mol.